The molecule has 3 heteroatoms. The van der Waals surface area contributed by atoms with Gasteiger partial charge in [0.1, 0.15) is 0 Å². The van der Waals surface area contributed by atoms with Crippen LogP contribution in [0.4, 0.5) is 0 Å². The van der Waals surface area contributed by atoms with Crippen molar-refractivity contribution in [3.05, 3.63) is 0 Å². The van der Waals surface area contributed by atoms with E-state index in [4.69, 9.17) is 4.74 Å². The fraction of sp³-hybridized carbons (Fsp3) is 1.00. The van der Waals surface area contributed by atoms with Crippen molar-refractivity contribution in [3.8, 4) is 0 Å². The summed E-state index contributed by atoms with van der Waals surface area (Å²) in [4.78, 5) is 2.26. The molecule has 54 valence electrons. The predicted molar refractivity (Wildman–Crippen MR) is 36.3 cm³/mol. The maximum absolute atomic E-state index is 5.19. The van der Waals surface area contributed by atoms with Crippen LogP contribution in [0.1, 0.15) is 0 Å². The van der Waals surface area contributed by atoms with E-state index in [1.807, 2.05) is 0 Å². The molecule has 0 aromatic heterocycles. The highest BCUT2D eigenvalue weighted by atomic mass is 16.5. The second-order valence-corrected chi connectivity index (χ2v) is 2.36. The number of hydrogen-bond acceptors (Lipinski definition) is 3. The molecule has 3 nitrogen and oxygen atoms in total. The normalized spacial score (nSPS) is 25.0. The van der Waals surface area contributed by atoms with Crippen LogP contribution in [0.2, 0.25) is 0 Å². The Hall–Kier alpha value is -0.120. The number of rotatable bonds is 0. The topological polar surface area (TPSA) is 24.5 Å². The Labute approximate surface area is 56.0 Å². The Bertz CT molecular complexity index is 69.5. The molecule has 0 aromatic rings. The van der Waals surface area contributed by atoms with E-state index in [-0.39, 0.29) is 0 Å². The van der Waals surface area contributed by atoms with Crippen molar-refractivity contribution < 1.29 is 4.74 Å². The Morgan fingerprint density at radius 1 is 1.44 bits per heavy atom. The van der Waals surface area contributed by atoms with Crippen LogP contribution in [0, 0.1) is 0 Å². The summed E-state index contributed by atoms with van der Waals surface area (Å²) in [6, 6.07) is 0. The van der Waals surface area contributed by atoms with Crippen LogP contribution in [0.15, 0.2) is 0 Å². The average molecular weight is 130 g/mol. The molecule has 1 fully saturated rings. The van der Waals surface area contributed by atoms with Gasteiger partial charge < -0.3 is 9.64 Å². The van der Waals surface area contributed by atoms with Gasteiger partial charge in [-0.05, 0) is 7.05 Å². The molecule has 1 aliphatic heterocycles. The molecule has 0 aliphatic carbocycles. The number of ether oxygens (including phenoxy) is 1. The molecule has 1 rings (SSSR count). The SMILES string of the molecule is CN1CCNCOCC1. The summed E-state index contributed by atoms with van der Waals surface area (Å²) in [5.74, 6) is 0. The smallest absolute Gasteiger partial charge is 0.0966 e. The summed E-state index contributed by atoms with van der Waals surface area (Å²) in [6.45, 7) is 4.79. The molecule has 0 amide bonds. The Kier molecular flexibility index (Phi) is 2.97. The standard InChI is InChI=1S/C6H14N2O/c1-8-3-2-7-6-9-5-4-8/h7H,2-6H2,1H3. The molecular formula is C6H14N2O. The first-order chi connectivity index (χ1) is 4.39. The average Bonchev–Trinajstić information content (AvgIpc) is 1.79. The van der Waals surface area contributed by atoms with Crippen molar-refractivity contribution in [2.24, 2.45) is 0 Å². The number of likely N-dealkylation sites (N-methyl/N-ethyl adjacent to an activating group) is 1. The zero-order chi connectivity index (χ0) is 6.53. The van der Waals surface area contributed by atoms with E-state index in [2.05, 4.69) is 17.3 Å². The molecule has 1 saturated heterocycles. The van der Waals surface area contributed by atoms with Gasteiger partial charge in [-0.3, -0.25) is 5.32 Å². The van der Waals surface area contributed by atoms with Crippen LogP contribution in [0.5, 0.6) is 0 Å². The van der Waals surface area contributed by atoms with Crippen LogP contribution < -0.4 is 5.32 Å². The first kappa shape index (κ1) is 6.99. The summed E-state index contributed by atoms with van der Waals surface area (Å²) in [6.07, 6.45) is 0. The van der Waals surface area contributed by atoms with Crippen LogP contribution in [0.3, 0.4) is 0 Å². The summed E-state index contributed by atoms with van der Waals surface area (Å²) in [5.41, 5.74) is 0. The van der Waals surface area contributed by atoms with Crippen molar-refractivity contribution in [3.63, 3.8) is 0 Å². The first-order valence-electron chi connectivity index (χ1n) is 3.36. The highest BCUT2D eigenvalue weighted by molar-refractivity contribution is 4.54. The lowest BCUT2D eigenvalue weighted by Crippen LogP contribution is -2.36. The zero-order valence-electron chi connectivity index (χ0n) is 5.89. The number of nitrogens with zero attached hydrogens (tertiary/aromatic N) is 1. The fourth-order valence-electron chi connectivity index (χ4n) is 0.819. The lowest BCUT2D eigenvalue weighted by atomic mass is 10.5. The Morgan fingerprint density at radius 2 is 2.33 bits per heavy atom. The van der Waals surface area contributed by atoms with Crippen LogP contribution in [0.25, 0.3) is 0 Å². The van der Waals surface area contributed by atoms with Crippen molar-refractivity contribution >= 4 is 0 Å². The number of nitrogens with one attached hydrogen (secondary N) is 1. The van der Waals surface area contributed by atoms with Gasteiger partial charge >= 0.3 is 0 Å². The lowest BCUT2D eigenvalue weighted by Gasteiger charge is -2.19. The van der Waals surface area contributed by atoms with E-state index in [1.54, 1.807) is 0 Å². The van der Waals surface area contributed by atoms with Crippen LogP contribution in [-0.4, -0.2) is 44.9 Å². The molecule has 0 bridgehead atoms. The minimum Gasteiger partial charge on any atom is -0.365 e. The van der Waals surface area contributed by atoms with E-state index in [0.29, 0.717) is 6.73 Å². The van der Waals surface area contributed by atoms with E-state index in [0.717, 1.165) is 26.2 Å². The summed E-state index contributed by atoms with van der Waals surface area (Å²) >= 11 is 0. The molecule has 0 saturated carbocycles. The van der Waals surface area contributed by atoms with E-state index < -0.39 is 0 Å². The molecule has 0 spiro atoms. The molecule has 0 aromatic carbocycles. The molecule has 1 aliphatic rings. The van der Waals surface area contributed by atoms with Gasteiger partial charge in [-0.15, -0.1) is 0 Å². The van der Waals surface area contributed by atoms with Crippen LogP contribution in [-0.2, 0) is 4.74 Å². The lowest BCUT2D eigenvalue weighted by molar-refractivity contribution is 0.0796. The van der Waals surface area contributed by atoms with Gasteiger partial charge in [0.15, 0.2) is 0 Å². The molecule has 1 heterocycles. The maximum Gasteiger partial charge on any atom is 0.0966 e. The second-order valence-electron chi connectivity index (χ2n) is 2.36. The molecule has 1 N–H and O–H groups in total. The second kappa shape index (κ2) is 3.82. The highest BCUT2D eigenvalue weighted by Crippen LogP contribution is 1.84. The van der Waals surface area contributed by atoms with E-state index in [9.17, 15) is 0 Å². The fourth-order valence-corrected chi connectivity index (χ4v) is 0.819. The van der Waals surface area contributed by atoms with Gasteiger partial charge in [0.25, 0.3) is 0 Å². The predicted octanol–water partition coefficient (Wildman–Crippen LogP) is -0.504. The minimum atomic E-state index is 0.716. The van der Waals surface area contributed by atoms with Gasteiger partial charge in [-0.2, -0.15) is 0 Å². The van der Waals surface area contributed by atoms with Gasteiger partial charge in [-0.25, -0.2) is 0 Å². The third kappa shape index (κ3) is 2.79. The Morgan fingerprint density at radius 3 is 3.22 bits per heavy atom. The summed E-state index contributed by atoms with van der Waals surface area (Å²) < 4.78 is 5.19. The highest BCUT2D eigenvalue weighted by Gasteiger charge is 2.00. The largest absolute Gasteiger partial charge is 0.365 e. The van der Waals surface area contributed by atoms with E-state index in [1.165, 1.54) is 0 Å². The third-order valence-corrected chi connectivity index (χ3v) is 1.49. The molecule has 0 unspecified atom stereocenters. The molecular weight excluding hydrogens is 116 g/mol. The molecule has 9 heavy (non-hydrogen) atoms. The quantitative estimate of drug-likeness (QED) is 0.478. The van der Waals surface area contributed by atoms with Crippen LogP contribution >= 0.6 is 0 Å². The summed E-state index contributed by atoms with van der Waals surface area (Å²) in [5, 5.41) is 3.15. The first-order valence-corrected chi connectivity index (χ1v) is 3.36. The third-order valence-electron chi connectivity index (χ3n) is 1.49. The minimum absolute atomic E-state index is 0.716. The number of hydrogen-bond donors (Lipinski definition) is 1. The van der Waals surface area contributed by atoms with Gasteiger partial charge in [0.2, 0.25) is 0 Å². The van der Waals surface area contributed by atoms with Crippen molar-refractivity contribution in [1.82, 2.24) is 10.2 Å². The molecule has 0 atom stereocenters. The molecule has 0 radical (unpaired) electrons. The van der Waals surface area contributed by atoms with E-state index >= 15 is 0 Å². The summed E-state index contributed by atoms with van der Waals surface area (Å²) in [7, 11) is 2.11. The van der Waals surface area contributed by atoms with Crippen molar-refractivity contribution in [2.75, 3.05) is 40.0 Å². The van der Waals surface area contributed by atoms with Crippen molar-refractivity contribution in [2.45, 2.75) is 0 Å². The zero-order valence-corrected chi connectivity index (χ0v) is 5.89. The Balaban J connectivity index is 2.12. The van der Waals surface area contributed by atoms with Gasteiger partial charge in [0.05, 0.1) is 13.3 Å². The van der Waals surface area contributed by atoms with Gasteiger partial charge in [0, 0.05) is 19.6 Å². The monoisotopic (exact) mass is 130 g/mol. The van der Waals surface area contributed by atoms with Crippen molar-refractivity contribution in [1.29, 1.82) is 0 Å². The van der Waals surface area contributed by atoms with Gasteiger partial charge in [-0.1, -0.05) is 0 Å². The maximum atomic E-state index is 5.19.